The van der Waals surface area contributed by atoms with Gasteiger partial charge in [0.25, 0.3) is 11.8 Å². The van der Waals surface area contributed by atoms with Crippen LogP contribution in [0, 0.1) is 0 Å². The Kier molecular flexibility index (Phi) is 3.98. The molecule has 1 fully saturated rings. The zero-order valence-electron chi connectivity index (χ0n) is 9.13. The second-order valence-electron chi connectivity index (χ2n) is 3.91. The summed E-state index contributed by atoms with van der Waals surface area (Å²) in [6.45, 7) is -1.32. The normalized spacial score (nSPS) is 24.8. The Morgan fingerprint density at radius 1 is 1.35 bits per heavy atom. The van der Waals surface area contributed by atoms with Crippen LogP contribution in [0.15, 0.2) is 0 Å². The van der Waals surface area contributed by atoms with Crippen LogP contribution in [0.3, 0.4) is 0 Å². The van der Waals surface area contributed by atoms with Crippen LogP contribution in [0.25, 0.3) is 0 Å². The number of carboxylic acid groups (broad SMARTS) is 1. The molecular formula is C9H13F4NO3. The highest BCUT2D eigenvalue weighted by molar-refractivity contribution is 5.68. The van der Waals surface area contributed by atoms with Gasteiger partial charge in [0.2, 0.25) is 0 Å². The van der Waals surface area contributed by atoms with E-state index in [0.29, 0.717) is 0 Å². The molecule has 0 amide bonds. The van der Waals surface area contributed by atoms with Crippen molar-refractivity contribution in [1.29, 1.82) is 0 Å². The first-order chi connectivity index (χ1) is 7.69. The molecule has 1 heterocycles. The van der Waals surface area contributed by atoms with Gasteiger partial charge in [-0.3, -0.25) is 4.90 Å². The Bertz CT molecular complexity index is 280. The van der Waals surface area contributed by atoms with Gasteiger partial charge >= 0.3 is 5.97 Å². The van der Waals surface area contributed by atoms with E-state index in [2.05, 4.69) is 4.74 Å². The number of aliphatic carboxylic acids is 1. The van der Waals surface area contributed by atoms with Crippen molar-refractivity contribution in [3.8, 4) is 0 Å². The maximum Gasteiger partial charge on any atom is 0.329 e. The molecule has 0 unspecified atom stereocenters. The molecule has 1 rings (SSSR count). The molecule has 0 aromatic carbocycles. The first kappa shape index (κ1) is 14.2. The molecule has 0 aromatic rings. The lowest BCUT2D eigenvalue weighted by atomic mass is 9.99. The highest BCUT2D eigenvalue weighted by Gasteiger charge is 2.60. The van der Waals surface area contributed by atoms with Crippen molar-refractivity contribution in [1.82, 2.24) is 4.90 Å². The third-order valence-corrected chi connectivity index (χ3v) is 2.46. The van der Waals surface area contributed by atoms with Crippen LogP contribution in [-0.4, -0.2) is 60.2 Å². The number of halogens is 4. The van der Waals surface area contributed by atoms with E-state index in [9.17, 15) is 22.4 Å². The third kappa shape index (κ3) is 3.29. The smallest absolute Gasteiger partial charge is 0.329 e. The quantitative estimate of drug-likeness (QED) is 0.767. The molecular weight excluding hydrogens is 246 g/mol. The van der Waals surface area contributed by atoms with Gasteiger partial charge < -0.3 is 9.84 Å². The van der Waals surface area contributed by atoms with Crippen LogP contribution in [-0.2, 0) is 9.53 Å². The van der Waals surface area contributed by atoms with Crippen molar-refractivity contribution in [3.05, 3.63) is 0 Å². The van der Waals surface area contributed by atoms with Gasteiger partial charge in [-0.1, -0.05) is 6.92 Å². The van der Waals surface area contributed by atoms with Crippen LogP contribution in [0.1, 0.15) is 6.92 Å². The number of hydrogen-bond donors (Lipinski definition) is 1. The van der Waals surface area contributed by atoms with Crippen molar-refractivity contribution in [2.45, 2.75) is 24.9 Å². The van der Waals surface area contributed by atoms with Crippen LogP contribution in [0.5, 0.6) is 0 Å². The number of hydrogen-bond acceptors (Lipinski definition) is 3. The Morgan fingerprint density at radius 3 is 2.18 bits per heavy atom. The third-order valence-electron chi connectivity index (χ3n) is 2.46. The minimum absolute atomic E-state index is 0.0663. The molecule has 1 saturated heterocycles. The van der Waals surface area contributed by atoms with Gasteiger partial charge in [-0.25, -0.2) is 22.4 Å². The summed E-state index contributed by atoms with van der Waals surface area (Å²) in [5, 5.41) is 8.26. The summed E-state index contributed by atoms with van der Waals surface area (Å²) in [4.78, 5) is 11.1. The molecule has 4 nitrogen and oxygen atoms in total. The van der Waals surface area contributed by atoms with Crippen LogP contribution >= 0.6 is 0 Å². The van der Waals surface area contributed by atoms with Gasteiger partial charge in [0.05, 0.1) is 13.1 Å². The molecule has 0 spiro atoms. The molecule has 8 heteroatoms. The standard InChI is InChI=1S/C9H13F4NO3/c1-2-14-4-8(10,11)7(9(12,13)5-14)17-3-6(15)16/h7H,2-5H2,1H3,(H,15,16). The Morgan fingerprint density at radius 2 is 1.82 bits per heavy atom. The van der Waals surface area contributed by atoms with Gasteiger partial charge in [-0.2, -0.15) is 0 Å². The maximum absolute atomic E-state index is 13.4. The molecule has 0 saturated carbocycles. The molecule has 0 aromatic heterocycles. The molecule has 100 valence electrons. The van der Waals surface area contributed by atoms with Crippen molar-refractivity contribution in [2.75, 3.05) is 26.2 Å². The monoisotopic (exact) mass is 259 g/mol. The minimum Gasteiger partial charge on any atom is -0.480 e. The fraction of sp³-hybridized carbons (Fsp3) is 0.889. The average Bonchev–Trinajstić information content (AvgIpc) is 2.13. The fourth-order valence-corrected chi connectivity index (χ4v) is 1.75. The number of carbonyl (C=O) groups is 1. The molecule has 1 aliphatic heterocycles. The second kappa shape index (κ2) is 4.77. The molecule has 0 atom stereocenters. The Balaban J connectivity index is 2.81. The molecule has 0 aliphatic carbocycles. The number of likely N-dealkylation sites (tertiary alicyclic amines) is 1. The first-order valence-corrected chi connectivity index (χ1v) is 5.00. The number of piperidine rings is 1. The van der Waals surface area contributed by atoms with Crippen LogP contribution in [0.4, 0.5) is 17.6 Å². The van der Waals surface area contributed by atoms with E-state index in [4.69, 9.17) is 5.11 Å². The van der Waals surface area contributed by atoms with Crippen LogP contribution < -0.4 is 0 Å². The van der Waals surface area contributed by atoms with E-state index < -0.39 is 43.6 Å². The lowest BCUT2D eigenvalue weighted by Gasteiger charge is -2.42. The summed E-state index contributed by atoms with van der Waals surface area (Å²) in [7, 11) is 0. The number of alkyl halides is 4. The zero-order valence-corrected chi connectivity index (χ0v) is 9.13. The van der Waals surface area contributed by atoms with Crippen molar-refractivity contribution >= 4 is 5.97 Å². The Hall–Kier alpha value is -0.890. The molecule has 1 N–H and O–H groups in total. The highest BCUT2D eigenvalue weighted by Crippen LogP contribution is 2.39. The topological polar surface area (TPSA) is 49.8 Å². The van der Waals surface area contributed by atoms with E-state index in [0.717, 1.165) is 4.90 Å². The van der Waals surface area contributed by atoms with Gasteiger partial charge in [0.1, 0.15) is 6.61 Å². The predicted octanol–water partition coefficient (Wildman–Crippen LogP) is 1.06. The summed E-state index contributed by atoms with van der Waals surface area (Å²) in [5.41, 5.74) is 0. The number of nitrogens with zero attached hydrogens (tertiary/aromatic N) is 1. The largest absolute Gasteiger partial charge is 0.480 e. The zero-order chi connectivity index (χ0) is 13.3. The van der Waals surface area contributed by atoms with Gasteiger partial charge in [0.15, 0.2) is 6.10 Å². The number of rotatable bonds is 4. The average molecular weight is 259 g/mol. The van der Waals surface area contributed by atoms with Gasteiger partial charge in [0, 0.05) is 0 Å². The summed E-state index contributed by atoms with van der Waals surface area (Å²) >= 11 is 0. The molecule has 1 aliphatic rings. The molecule has 17 heavy (non-hydrogen) atoms. The van der Waals surface area contributed by atoms with E-state index in [1.165, 1.54) is 6.92 Å². The fourth-order valence-electron chi connectivity index (χ4n) is 1.75. The highest BCUT2D eigenvalue weighted by atomic mass is 19.3. The van der Waals surface area contributed by atoms with Gasteiger partial charge in [-0.15, -0.1) is 0 Å². The molecule has 0 radical (unpaired) electrons. The Labute approximate surface area is 95.1 Å². The maximum atomic E-state index is 13.4. The first-order valence-electron chi connectivity index (χ1n) is 5.00. The summed E-state index contributed by atoms with van der Waals surface area (Å²) in [6, 6.07) is 0. The van der Waals surface area contributed by atoms with E-state index >= 15 is 0 Å². The van der Waals surface area contributed by atoms with E-state index in [1.807, 2.05) is 0 Å². The lowest BCUT2D eigenvalue weighted by molar-refractivity contribution is -0.268. The van der Waals surface area contributed by atoms with Crippen molar-refractivity contribution in [3.63, 3.8) is 0 Å². The lowest BCUT2D eigenvalue weighted by Crippen LogP contribution is -2.63. The van der Waals surface area contributed by atoms with Crippen molar-refractivity contribution in [2.24, 2.45) is 0 Å². The van der Waals surface area contributed by atoms with Crippen LogP contribution in [0.2, 0.25) is 0 Å². The van der Waals surface area contributed by atoms with Gasteiger partial charge in [-0.05, 0) is 6.54 Å². The minimum atomic E-state index is -3.77. The number of ether oxygens (including phenoxy) is 1. The number of carboxylic acids is 1. The van der Waals surface area contributed by atoms with E-state index in [1.54, 1.807) is 0 Å². The van der Waals surface area contributed by atoms with E-state index in [-0.39, 0.29) is 6.54 Å². The van der Waals surface area contributed by atoms with Crippen molar-refractivity contribution < 1.29 is 32.2 Å². The summed E-state index contributed by atoms with van der Waals surface area (Å²) in [5.74, 6) is -9.10. The summed E-state index contributed by atoms with van der Waals surface area (Å²) in [6.07, 6.45) is -2.69. The SMILES string of the molecule is CCN1CC(F)(F)C(OCC(=O)O)C(F)(F)C1. The predicted molar refractivity (Wildman–Crippen MR) is 49.4 cm³/mol. The summed E-state index contributed by atoms with van der Waals surface area (Å²) < 4.78 is 57.8. The second-order valence-corrected chi connectivity index (χ2v) is 3.91. The molecule has 0 bridgehead atoms.